The van der Waals surface area contributed by atoms with Gasteiger partial charge in [0.25, 0.3) is 5.56 Å². The molecule has 3 rings (SSSR count). The molecule has 0 aliphatic heterocycles. The maximum Gasteiger partial charge on any atom is 0.346 e. The smallest absolute Gasteiger partial charge is 0.346 e. The van der Waals surface area contributed by atoms with E-state index in [1.165, 1.54) is 0 Å². The minimum absolute atomic E-state index is 0.151. The van der Waals surface area contributed by atoms with Gasteiger partial charge in [-0.1, -0.05) is 0 Å². The molecule has 0 radical (unpaired) electrons. The van der Waals surface area contributed by atoms with E-state index < -0.39 is 5.97 Å². The van der Waals surface area contributed by atoms with Crippen LogP contribution in [0.4, 0.5) is 0 Å². The minimum atomic E-state index is -1.04. The Morgan fingerprint density at radius 2 is 2.35 bits per heavy atom. The third kappa shape index (κ3) is 2.01. The average molecular weight is 290 g/mol. The molecule has 0 amide bonds. The number of aromatic carboxylic acids is 1. The van der Waals surface area contributed by atoms with Crippen molar-refractivity contribution >= 4 is 27.5 Å². The number of hydrogen-bond acceptors (Lipinski definition) is 5. The monoisotopic (exact) mass is 290 g/mol. The highest BCUT2D eigenvalue weighted by Crippen LogP contribution is 2.27. The van der Waals surface area contributed by atoms with Gasteiger partial charge in [0.05, 0.1) is 17.9 Å². The Morgan fingerprint density at radius 1 is 1.55 bits per heavy atom. The number of nitrogens with zero attached hydrogens (tertiary/aromatic N) is 1. The molecule has 2 N–H and O–H groups in total. The number of fused-ring (bicyclic) bond motifs is 1. The number of aromatic amines is 1. The molecule has 3 aromatic heterocycles. The van der Waals surface area contributed by atoms with E-state index in [4.69, 9.17) is 9.52 Å². The van der Waals surface area contributed by atoms with Crippen molar-refractivity contribution in [2.45, 2.75) is 13.3 Å². The maximum absolute atomic E-state index is 12.1. The summed E-state index contributed by atoms with van der Waals surface area (Å²) in [6.07, 6.45) is 3.55. The minimum Gasteiger partial charge on any atom is -0.477 e. The molecular weight excluding hydrogens is 280 g/mol. The van der Waals surface area contributed by atoms with Gasteiger partial charge in [-0.3, -0.25) is 4.79 Å². The topological polar surface area (TPSA) is 96.2 Å². The number of H-pyrrole nitrogens is 1. The molecule has 6 nitrogen and oxygen atoms in total. The lowest BCUT2D eigenvalue weighted by Crippen LogP contribution is -2.11. The highest BCUT2D eigenvalue weighted by atomic mass is 32.1. The van der Waals surface area contributed by atoms with Gasteiger partial charge in [0.1, 0.15) is 15.5 Å². The van der Waals surface area contributed by atoms with Gasteiger partial charge in [-0.25, -0.2) is 9.78 Å². The largest absolute Gasteiger partial charge is 0.477 e. The van der Waals surface area contributed by atoms with Gasteiger partial charge in [0.2, 0.25) is 0 Å². The molecule has 0 aliphatic carbocycles. The van der Waals surface area contributed by atoms with E-state index in [9.17, 15) is 9.59 Å². The molecule has 3 aromatic rings. The van der Waals surface area contributed by atoms with Crippen LogP contribution < -0.4 is 5.56 Å². The van der Waals surface area contributed by atoms with Crippen molar-refractivity contribution in [3.05, 3.63) is 50.8 Å². The molecule has 20 heavy (non-hydrogen) atoms. The number of aryl methyl sites for hydroxylation is 1. The first-order valence-corrected chi connectivity index (χ1v) is 6.64. The van der Waals surface area contributed by atoms with E-state index >= 15 is 0 Å². The van der Waals surface area contributed by atoms with E-state index in [0.717, 1.165) is 16.9 Å². The van der Waals surface area contributed by atoms with Crippen molar-refractivity contribution < 1.29 is 14.3 Å². The SMILES string of the molecule is Cc1c(C(=O)O)sc2nc(Cc3ccoc3)[nH]c(=O)c12. The third-order valence-electron chi connectivity index (χ3n) is 3.00. The van der Waals surface area contributed by atoms with Gasteiger partial charge in [0.15, 0.2) is 0 Å². The maximum atomic E-state index is 12.1. The lowest BCUT2D eigenvalue weighted by Gasteiger charge is -1.98. The third-order valence-corrected chi connectivity index (χ3v) is 4.17. The van der Waals surface area contributed by atoms with E-state index in [1.54, 1.807) is 25.5 Å². The molecule has 102 valence electrons. The van der Waals surface area contributed by atoms with Gasteiger partial charge < -0.3 is 14.5 Å². The van der Waals surface area contributed by atoms with Crippen molar-refractivity contribution in [3.8, 4) is 0 Å². The number of nitrogens with one attached hydrogen (secondary N) is 1. The van der Waals surface area contributed by atoms with Crippen molar-refractivity contribution in [1.82, 2.24) is 9.97 Å². The zero-order valence-corrected chi connectivity index (χ0v) is 11.3. The number of thiophene rings is 1. The molecule has 0 aliphatic rings. The summed E-state index contributed by atoms with van der Waals surface area (Å²) in [6, 6.07) is 1.78. The van der Waals surface area contributed by atoms with Crippen molar-refractivity contribution in [3.63, 3.8) is 0 Å². The molecule has 0 atom stereocenters. The van der Waals surface area contributed by atoms with Crippen LogP contribution in [0.1, 0.15) is 26.6 Å². The van der Waals surface area contributed by atoms with Crippen LogP contribution in [-0.4, -0.2) is 21.0 Å². The Kier molecular flexibility index (Phi) is 2.90. The number of rotatable bonds is 3. The first-order valence-electron chi connectivity index (χ1n) is 5.83. The van der Waals surface area contributed by atoms with Crippen molar-refractivity contribution in [2.75, 3.05) is 0 Å². The molecule has 0 aromatic carbocycles. The van der Waals surface area contributed by atoms with E-state index in [0.29, 0.717) is 28.0 Å². The fraction of sp³-hybridized carbons (Fsp3) is 0.154. The van der Waals surface area contributed by atoms with Crippen LogP contribution in [0.15, 0.2) is 27.8 Å². The zero-order chi connectivity index (χ0) is 14.3. The summed E-state index contributed by atoms with van der Waals surface area (Å²) in [5, 5.41) is 9.44. The highest BCUT2D eigenvalue weighted by molar-refractivity contribution is 7.20. The normalized spacial score (nSPS) is 11.1. The van der Waals surface area contributed by atoms with Gasteiger partial charge in [-0.05, 0) is 24.1 Å². The van der Waals surface area contributed by atoms with Crippen LogP contribution in [0, 0.1) is 6.92 Å². The van der Waals surface area contributed by atoms with E-state index in [1.807, 2.05) is 0 Å². The first kappa shape index (κ1) is 12.6. The lowest BCUT2D eigenvalue weighted by molar-refractivity contribution is 0.0701. The number of carbonyl (C=O) groups is 1. The van der Waals surface area contributed by atoms with Crippen molar-refractivity contribution in [2.24, 2.45) is 0 Å². The summed E-state index contributed by atoms with van der Waals surface area (Å²) >= 11 is 1.02. The summed E-state index contributed by atoms with van der Waals surface area (Å²) < 4.78 is 4.96. The number of furan rings is 1. The molecular formula is C13H10N2O4S. The van der Waals surface area contributed by atoms with Crippen molar-refractivity contribution in [1.29, 1.82) is 0 Å². The summed E-state index contributed by atoms with van der Waals surface area (Å²) in [7, 11) is 0. The second-order valence-electron chi connectivity index (χ2n) is 4.36. The fourth-order valence-electron chi connectivity index (χ4n) is 2.06. The Morgan fingerprint density at radius 3 is 3.00 bits per heavy atom. The lowest BCUT2D eigenvalue weighted by atomic mass is 10.2. The molecule has 0 bridgehead atoms. The van der Waals surface area contributed by atoms with Gasteiger partial charge in [-0.2, -0.15) is 0 Å². The van der Waals surface area contributed by atoms with Crippen LogP contribution in [0.25, 0.3) is 10.2 Å². The number of aromatic nitrogens is 2. The van der Waals surface area contributed by atoms with Crippen LogP contribution >= 0.6 is 11.3 Å². The van der Waals surface area contributed by atoms with Crippen LogP contribution in [0.5, 0.6) is 0 Å². The number of carboxylic acid groups (broad SMARTS) is 1. The van der Waals surface area contributed by atoms with E-state index in [-0.39, 0.29) is 10.4 Å². The van der Waals surface area contributed by atoms with Gasteiger partial charge >= 0.3 is 5.97 Å². The summed E-state index contributed by atoms with van der Waals surface area (Å²) in [5.74, 6) is -0.552. The Labute approximate surface area is 116 Å². The summed E-state index contributed by atoms with van der Waals surface area (Å²) in [6.45, 7) is 1.62. The fourth-order valence-corrected chi connectivity index (χ4v) is 3.10. The Hall–Kier alpha value is -2.41. The predicted molar refractivity (Wildman–Crippen MR) is 73.5 cm³/mol. The summed E-state index contributed by atoms with van der Waals surface area (Å²) in [4.78, 5) is 30.8. The van der Waals surface area contributed by atoms with Crippen LogP contribution in [0.3, 0.4) is 0 Å². The number of hydrogen-bond donors (Lipinski definition) is 2. The molecule has 0 unspecified atom stereocenters. The molecule has 7 heteroatoms. The van der Waals surface area contributed by atoms with Crippen LogP contribution in [0.2, 0.25) is 0 Å². The standard InChI is InChI=1S/C13H10N2O4S/c1-6-9-11(16)14-8(4-7-2-3-19-5-7)15-12(9)20-10(6)13(17)18/h2-3,5H,4H2,1H3,(H,17,18)(H,14,15,16). The Balaban J connectivity index is 2.14. The molecule has 0 fully saturated rings. The van der Waals surface area contributed by atoms with Gasteiger partial charge in [-0.15, -0.1) is 11.3 Å². The van der Waals surface area contributed by atoms with Gasteiger partial charge in [0, 0.05) is 6.42 Å². The average Bonchev–Trinajstić information content (AvgIpc) is 2.97. The molecule has 0 saturated carbocycles. The summed E-state index contributed by atoms with van der Waals surface area (Å²) in [5.41, 5.74) is 1.04. The molecule has 3 heterocycles. The Bertz CT molecular complexity index is 845. The van der Waals surface area contributed by atoms with Crippen LogP contribution in [-0.2, 0) is 6.42 Å². The second kappa shape index (κ2) is 4.61. The zero-order valence-electron chi connectivity index (χ0n) is 10.5. The molecule has 0 spiro atoms. The predicted octanol–water partition coefficient (Wildman–Crippen LogP) is 2.18. The van der Waals surface area contributed by atoms with E-state index in [2.05, 4.69) is 9.97 Å². The second-order valence-corrected chi connectivity index (χ2v) is 5.36. The first-order chi connectivity index (χ1) is 9.56. The molecule has 0 saturated heterocycles. The highest BCUT2D eigenvalue weighted by Gasteiger charge is 2.18. The quantitative estimate of drug-likeness (QED) is 0.770. The number of carboxylic acids is 1.